The van der Waals surface area contributed by atoms with Gasteiger partial charge in [0, 0.05) is 25.9 Å². The number of piperidine rings is 1. The Hall–Kier alpha value is -1.04. The third kappa shape index (κ3) is 3.96. The molecule has 4 nitrogen and oxygen atoms in total. The Kier molecular flexibility index (Phi) is 5.24. The van der Waals surface area contributed by atoms with E-state index in [0.717, 1.165) is 43.9 Å². The molecule has 1 saturated heterocycles. The van der Waals surface area contributed by atoms with Crippen LogP contribution in [0.4, 0.5) is 0 Å². The van der Waals surface area contributed by atoms with Crippen molar-refractivity contribution in [3.63, 3.8) is 0 Å². The fourth-order valence-corrected chi connectivity index (χ4v) is 2.74. The molecule has 0 radical (unpaired) electrons. The molecule has 2 rings (SSSR count). The number of thiocarbonyl (C=S) groups is 1. The lowest BCUT2D eigenvalue weighted by atomic mass is 10.1. The molecule has 104 valence electrons. The van der Waals surface area contributed by atoms with Crippen molar-refractivity contribution in [1.82, 2.24) is 9.88 Å². The molecule has 1 unspecified atom stereocenters. The fraction of sp³-hybridized carbons (Fsp3) is 0.571. The van der Waals surface area contributed by atoms with E-state index in [1.54, 1.807) is 6.20 Å². The van der Waals surface area contributed by atoms with Crippen LogP contribution in [0.25, 0.3) is 0 Å². The highest BCUT2D eigenvalue weighted by Crippen LogP contribution is 2.17. The molecule has 19 heavy (non-hydrogen) atoms. The lowest BCUT2D eigenvalue weighted by Crippen LogP contribution is -2.39. The number of aromatic nitrogens is 1. The second-order valence-electron chi connectivity index (χ2n) is 4.83. The molecule has 1 aliphatic rings. The van der Waals surface area contributed by atoms with Gasteiger partial charge in [-0.2, -0.15) is 0 Å². The first-order valence-electron chi connectivity index (χ1n) is 6.78. The lowest BCUT2D eigenvalue weighted by molar-refractivity contribution is 0.00359. The summed E-state index contributed by atoms with van der Waals surface area (Å²) in [5, 5.41) is 0. The molecule has 2 N–H and O–H groups in total. The van der Waals surface area contributed by atoms with Crippen molar-refractivity contribution in [3.05, 3.63) is 29.6 Å². The summed E-state index contributed by atoms with van der Waals surface area (Å²) < 4.78 is 5.72. The molecular formula is C14H21N3OS. The van der Waals surface area contributed by atoms with E-state index in [9.17, 15) is 0 Å². The monoisotopic (exact) mass is 279 g/mol. The third-order valence-electron chi connectivity index (χ3n) is 3.38. The summed E-state index contributed by atoms with van der Waals surface area (Å²) in [7, 11) is 0. The largest absolute Gasteiger partial charge is 0.388 e. The first-order valence-corrected chi connectivity index (χ1v) is 7.19. The summed E-state index contributed by atoms with van der Waals surface area (Å²) >= 11 is 5.05. The Morgan fingerprint density at radius 1 is 1.63 bits per heavy atom. The summed E-state index contributed by atoms with van der Waals surface area (Å²) in [5.74, 6) is 0. The molecule has 1 atom stereocenters. The molecule has 0 bridgehead atoms. The summed E-state index contributed by atoms with van der Waals surface area (Å²) in [5.41, 5.74) is 7.57. The summed E-state index contributed by atoms with van der Waals surface area (Å²) in [6.07, 6.45) is 4.41. The average molecular weight is 279 g/mol. The Balaban J connectivity index is 2.02. The van der Waals surface area contributed by atoms with E-state index < -0.39 is 0 Å². The number of pyridine rings is 1. The van der Waals surface area contributed by atoms with Crippen LogP contribution in [0.1, 0.15) is 31.0 Å². The smallest absolute Gasteiger partial charge is 0.123 e. The maximum Gasteiger partial charge on any atom is 0.123 e. The Bertz CT molecular complexity index is 436. The zero-order valence-electron chi connectivity index (χ0n) is 11.3. The van der Waals surface area contributed by atoms with Crippen LogP contribution in [0.3, 0.4) is 0 Å². The minimum Gasteiger partial charge on any atom is -0.388 e. The van der Waals surface area contributed by atoms with E-state index in [1.165, 1.54) is 6.42 Å². The van der Waals surface area contributed by atoms with E-state index in [1.807, 2.05) is 19.1 Å². The minimum atomic E-state index is 0.351. The highest BCUT2D eigenvalue weighted by atomic mass is 32.1. The highest BCUT2D eigenvalue weighted by Gasteiger charge is 2.21. The van der Waals surface area contributed by atoms with Crippen LogP contribution < -0.4 is 5.73 Å². The molecule has 2 heterocycles. The van der Waals surface area contributed by atoms with Gasteiger partial charge in [0.2, 0.25) is 0 Å². The maximum absolute atomic E-state index is 5.72. The molecule has 0 spiro atoms. The number of ether oxygens (including phenoxy) is 1. The normalized spacial score (nSPS) is 20.4. The Labute approximate surface area is 120 Å². The topological polar surface area (TPSA) is 51.4 Å². The Morgan fingerprint density at radius 3 is 3.21 bits per heavy atom. The first kappa shape index (κ1) is 14.4. The van der Waals surface area contributed by atoms with Gasteiger partial charge in [0.25, 0.3) is 0 Å². The number of nitrogens with two attached hydrogens (primary N) is 1. The van der Waals surface area contributed by atoms with Gasteiger partial charge in [-0.15, -0.1) is 0 Å². The number of hydrogen-bond donors (Lipinski definition) is 1. The van der Waals surface area contributed by atoms with Gasteiger partial charge in [0.1, 0.15) is 10.7 Å². The van der Waals surface area contributed by atoms with Crippen LogP contribution >= 0.6 is 12.2 Å². The molecule has 0 aromatic carbocycles. The highest BCUT2D eigenvalue weighted by molar-refractivity contribution is 7.80. The zero-order valence-corrected chi connectivity index (χ0v) is 12.2. The van der Waals surface area contributed by atoms with Crippen LogP contribution in [-0.4, -0.2) is 40.7 Å². The van der Waals surface area contributed by atoms with Crippen molar-refractivity contribution < 1.29 is 4.74 Å². The molecule has 0 saturated carbocycles. The maximum atomic E-state index is 5.72. The fourth-order valence-electron chi connectivity index (χ4n) is 2.56. The number of rotatable bonds is 5. The van der Waals surface area contributed by atoms with Crippen LogP contribution in [0.5, 0.6) is 0 Å². The molecular weight excluding hydrogens is 258 g/mol. The number of nitrogens with zero attached hydrogens (tertiary/aromatic N) is 2. The molecule has 1 aliphatic heterocycles. The van der Waals surface area contributed by atoms with E-state index in [4.69, 9.17) is 22.7 Å². The van der Waals surface area contributed by atoms with Gasteiger partial charge in [0.05, 0.1) is 6.10 Å². The van der Waals surface area contributed by atoms with Crippen molar-refractivity contribution >= 4 is 17.2 Å². The number of likely N-dealkylation sites (tertiary alicyclic amines) is 1. The van der Waals surface area contributed by atoms with Crippen LogP contribution in [0.2, 0.25) is 0 Å². The quantitative estimate of drug-likeness (QED) is 0.832. The predicted octanol–water partition coefficient (Wildman–Crippen LogP) is 1.72. The van der Waals surface area contributed by atoms with Crippen LogP contribution in [-0.2, 0) is 11.3 Å². The predicted molar refractivity (Wildman–Crippen MR) is 80.0 cm³/mol. The molecule has 1 aromatic heterocycles. The Morgan fingerprint density at radius 2 is 2.47 bits per heavy atom. The van der Waals surface area contributed by atoms with Crippen molar-refractivity contribution in [1.29, 1.82) is 0 Å². The minimum absolute atomic E-state index is 0.351. The molecule has 0 aliphatic carbocycles. The third-order valence-corrected chi connectivity index (χ3v) is 3.58. The summed E-state index contributed by atoms with van der Waals surface area (Å²) in [6.45, 7) is 5.73. The lowest BCUT2D eigenvalue weighted by Gasteiger charge is -2.32. The van der Waals surface area contributed by atoms with Crippen molar-refractivity contribution in [2.24, 2.45) is 5.73 Å². The van der Waals surface area contributed by atoms with Gasteiger partial charge in [-0.05, 0) is 37.9 Å². The summed E-state index contributed by atoms with van der Waals surface area (Å²) in [4.78, 5) is 7.04. The van der Waals surface area contributed by atoms with Gasteiger partial charge >= 0.3 is 0 Å². The van der Waals surface area contributed by atoms with Crippen molar-refractivity contribution in [2.75, 3.05) is 19.7 Å². The van der Waals surface area contributed by atoms with Gasteiger partial charge in [0.15, 0.2) is 0 Å². The number of hydrogen-bond acceptors (Lipinski definition) is 4. The first-order chi connectivity index (χ1) is 9.20. The van der Waals surface area contributed by atoms with E-state index >= 15 is 0 Å². The zero-order chi connectivity index (χ0) is 13.7. The molecule has 1 fully saturated rings. The van der Waals surface area contributed by atoms with E-state index in [-0.39, 0.29) is 0 Å². The van der Waals surface area contributed by atoms with Gasteiger partial charge in [-0.3, -0.25) is 9.88 Å². The van der Waals surface area contributed by atoms with Crippen LogP contribution in [0.15, 0.2) is 18.3 Å². The average Bonchev–Trinajstić information content (AvgIpc) is 2.40. The molecule has 1 aromatic rings. The van der Waals surface area contributed by atoms with Gasteiger partial charge in [-0.25, -0.2) is 0 Å². The second kappa shape index (κ2) is 6.93. The SMILES string of the molecule is CCOC1CCCN(Cc2cccnc2C(N)=S)C1. The van der Waals surface area contributed by atoms with E-state index in [0.29, 0.717) is 11.1 Å². The van der Waals surface area contributed by atoms with E-state index in [2.05, 4.69) is 9.88 Å². The molecule has 5 heteroatoms. The molecule has 0 amide bonds. The van der Waals surface area contributed by atoms with Crippen LogP contribution in [0, 0.1) is 0 Å². The van der Waals surface area contributed by atoms with Gasteiger partial charge in [-0.1, -0.05) is 18.3 Å². The van der Waals surface area contributed by atoms with Crippen molar-refractivity contribution in [2.45, 2.75) is 32.4 Å². The van der Waals surface area contributed by atoms with Gasteiger partial charge < -0.3 is 10.5 Å². The second-order valence-corrected chi connectivity index (χ2v) is 5.27. The van der Waals surface area contributed by atoms with Crippen molar-refractivity contribution in [3.8, 4) is 0 Å². The standard InChI is InChI=1S/C14H21N3OS/c1-2-18-12-6-4-8-17(10-12)9-11-5-3-7-16-13(11)14(15)19/h3,5,7,12H,2,4,6,8-10H2,1H3,(H2,15,19). The summed E-state index contributed by atoms with van der Waals surface area (Å²) in [6, 6.07) is 3.98.